The van der Waals surface area contributed by atoms with Crippen LogP contribution < -0.4 is 52.8 Å². The van der Waals surface area contributed by atoms with Gasteiger partial charge in [0.05, 0.1) is 11.4 Å². The van der Waals surface area contributed by atoms with Crippen LogP contribution >= 0.6 is 0 Å². The molecule has 2 saturated heterocycles. The van der Waals surface area contributed by atoms with E-state index in [0.29, 0.717) is 107 Å². The molecule has 4 aliphatic rings. The highest BCUT2D eigenvalue weighted by molar-refractivity contribution is 6.01. The van der Waals surface area contributed by atoms with E-state index in [1.54, 1.807) is 36.7 Å². The second-order valence-corrected chi connectivity index (χ2v) is 16.8. The smallest absolute Gasteiger partial charge is 0.413 e. The van der Waals surface area contributed by atoms with Gasteiger partial charge in [0.1, 0.15) is 48.4 Å². The van der Waals surface area contributed by atoms with Gasteiger partial charge in [-0.15, -0.1) is 0 Å². The molecule has 0 spiro atoms. The highest BCUT2D eigenvalue weighted by Gasteiger charge is 2.29. The van der Waals surface area contributed by atoms with E-state index in [9.17, 15) is 9.59 Å². The molecule has 20 heteroatoms. The number of anilines is 6. The molecule has 4 aliphatic heterocycles. The number of nitrogens with zero attached hydrogens (tertiary/aromatic N) is 4. The fourth-order valence-corrected chi connectivity index (χ4v) is 8.54. The van der Waals surface area contributed by atoms with Gasteiger partial charge in [0.25, 0.3) is 0 Å². The normalized spacial score (nSPS) is 19.5. The topological polar surface area (TPSA) is 247 Å². The van der Waals surface area contributed by atoms with Crippen molar-refractivity contribution in [3.05, 3.63) is 71.8 Å². The molecule has 2 amide bonds. The van der Waals surface area contributed by atoms with E-state index in [2.05, 4.69) is 51.8 Å². The van der Waals surface area contributed by atoms with Crippen LogP contribution in [0, 0.1) is 37.3 Å². The molecule has 0 radical (unpaired) electrons. The number of hydrogen-bond donors (Lipinski definition) is 8. The molecular formula is C46H50F2N12O6. The van der Waals surface area contributed by atoms with Crippen molar-refractivity contribution in [2.75, 3.05) is 85.2 Å². The fraction of sp³-hybridized carbons (Fsp3) is 0.348. The quantitative estimate of drug-likeness (QED) is 0.0823. The van der Waals surface area contributed by atoms with Gasteiger partial charge in [-0.1, -0.05) is 13.8 Å². The summed E-state index contributed by atoms with van der Waals surface area (Å²) in [6.45, 7) is 13.0. The minimum Gasteiger partial charge on any atom is -0.474 e. The fourth-order valence-electron chi connectivity index (χ4n) is 8.54. The molecule has 66 heavy (non-hydrogen) atoms. The maximum absolute atomic E-state index is 15.3. The van der Waals surface area contributed by atoms with E-state index in [4.69, 9.17) is 30.4 Å². The summed E-state index contributed by atoms with van der Waals surface area (Å²) in [5, 5.41) is 20.4. The van der Waals surface area contributed by atoms with Gasteiger partial charge in [-0.05, 0) is 60.0 Å². The van der Waals surface area contributed by atoms with Gasteiger partial charge in [0, 0.05) is 109 Å². The number of carbonyl (C=O) groups is 2. The zero-order chi connectivity index (χ0) is 46.2. The predicted octanol–water partition coefficient (Wildman–Crippen LogP) is 6.57. The molecule has 10 rings (SSSR count). The lowest BCUT2D eigenvalue weighted by Crippen LogP contribution is -2.27. The number of carbonyl (C=O) groups excluding carboxylic acids is 2. The first-order chi connectivity index (χ1) is 31.8. The summed E-state index contributed by atoms with van der Waals surface area (Å²) in [7, 11) is 0. The van der Waals surface area contributed by atoms with Crippen LogP contribution in [0.2, 0.25) is 0 Å². The van der Waals surface area contributed by atoms with Gasteiger partial charge < -0.3 is 51.7 Å². The Hall–Kier alpha value is -7.32. The number of benzene rings is 2. The molecule has 0 aliphatic carbocycles. The third-order valence-electron chi connectivity index (χ3n) is 12.3. The van der Waals surface area contributed by atoms with Gasteiger partial charge in [0.2, 0.25) is 11.8 Å². The van der Waals surface area contributed by atoms with E-state index in [-0.39, 0.29) is 35.4 Å². The van der Waals surface area contributed by atoms with Gasteiger partial charge in [-0.3, -0.25) is 10.6 Å². The molecule has 0 bridgehead atoms. The Morgan fingerprint density at radius 1 is 0.636 bits per heavy atom. The molecule has 10 N–H and O–H groups in total. The molecule has 2 aromatic carbocycles. The summed E-state index contributed by atoms with van der Waals surface area (Å²) in [6, 6.07) is 6.66. The van der Waals surface area contributed by atoms with Crippen LogP contribution in [-0.4, -0.2) is 96.8 Å². The molecule has 344 valence electrons. The standard InChI is InChI=1S/2C23H25FN6O3/c2*1-11-7-26-10-17(11)33-23(31)30-18-6-13-5-14(19(24)20(25)16(13)9-28-18)15-8-29-22-21(12(15)2)27-3-4-32-22/h2*5-6,8-9,11,17,26-27H,3-4,7,10,25H2,1-2H3,(H,28,30,31)/t2*11-,17+/m10/s1. The maximum atomic E-state index is 15.3. The average molecular weight is 905 g/mol. The Morgan fingerprint density at radius 2 is 1.06 bits per heavy atom. The zero-order valence-corrected chi connectivity index (χ0v) is 36.7. The van der Waals surface area contributed by atoms with Gasteiger partial charge in [-0.25, -0.2) is 38.3 Å². The third kappa shape index (κ3) is 8.63. The molecule has 0 saturated carbocycles. The molecule has 0 unspecified atom stereocenters. The van der Waals surface area contributed by atoms with Crippen LogP contribution in [0.1, 0.15) is 25.0 Å². The number of ether oxygens (including phenoxy) is 4. The molecule has 18 nitrogen and oxygen atoms in total. The largest absolute Gasteiger partial charge is 0.474 e. The second-order valence-electron chi connectivity index (χ2n) is 16.8. The van der Waals surface area contributed by atoms with Crippen molar-refractivity contribution >= 4 is 68.1 Å². The summed E-state index contributed by atoms with van der Waals surface area (Å²) in [6.07, 6.45) is 4.49. The van der Waals surface area contributed by atoms with E-state index in [1.165, 1.54) is 12.4 Å². The number of nitrogens with one attached hydrogen (secondary N) is 6. The van der Waals surface area contributed by atoms with E-state index in [1.807, 2.05) is 27.7 Å². The molecular weight excluding hydrogens is 855 g/mol. The molecule has 6 aromatic rings. The van der Waals surface area contributed by atoms with E-state index < -0.39 is 23.8 Å². The highest BCUT2D eigenvalue weighted by Crippen LogP contribution is 2.41. The SMILES string of the molecule is Cc1c(-c2cc3cc(NC(=O)O[C@@H]4CNC[C@@H]4C)ncc3c(N)c2F)cnc2c1NCCO2.Cc1c(-c2cc3cc(NC(=O)O[C@H]4CNC[C@H]4C)ncc3c(N)c2F)cnc2c1NCCO2. The number of fused-ring (bicyclic) bond motifs is 4. The van der Waals surface area contributed by atoms with E-state index >= 15 is 8.78 Å². The number of aromatic nitrogens is 4. The Bertz CT molecular complexity index is 2690. The third-order valence-corrected chi connectivity index (χ3v) is 12.3. The highest BCUT2D eigenvalue weighted by atomic mass is 19.1. The summed E-state index contributed by atoms with van der Waals surface area (Å²) in [4.78, 5) is 41.7. The Balaban J connectivity index is 0.000000166. The average Bonchev–Trinajstić information content (AvgIpc) is 3.92. The Labute approximate surface area is 377 Å². The minimum absolute atomic E-state index is 0.0173. The van der Waals surface area contributed by atoms with Gasteiger partial charge in [-0.2, -0.15) is 0 Å². The van der Waals surface area contributed by atoms with Crippen molar-refractivity contribution in [3.63, 3.8) is 0 Å². The van der Waals surface area contributed by atoms with Crippen LogP contribution in [0.4, 0.5) is 52.8 Å². The number of nitrogen functional groups attached to an aromatic ring is 2. The second kappa shape index (κ2) is 18.3. The molecule has 8 heterocycles. The molecule has 4 atom stereocenters. The summed E-state index contributed by atoms with van der Waals surface area (Å²) < 4.78 is 52.7. The van der Waals surface area contributed by atoms with Crippen molar-refractivity contribution in [2.45, 2.75) is 39.9 Å². The number of halogens is 2. The number of hydrogen-bond acceptors (Lipinski definition) is 16. The number of amides is 2. The first kappa shape index (κ1) is 43.9. The first-order valence-electron chi connectivity index (χ1n) is 21.7. The van der Waals surface area contributed by atoms with Crippen LogP contribution in [0.3, 0.4) is 0 Å². The Morgan fingerprint density at radius 3 is 1.45 bits per heavy atom. The summed E-state index contributed by atoms with van der Waals surface area (Å²) in [5.41, 5.74) is 17.2. The van der Waals surface area contributed by atoms with Crippen LogP contribution in [-0.2, 0) is 9.47 Å². The monoisotopic (exact) mass is 904 g/mol. The van der Waals surface area contributed by atoms with Gasteiger partial charge in [0.15, 0.2) is 11.6 Å². The summed E-state index contributed by atoms with van der Waals surface area (Å²) in [5.74, 6) is 0.951. The van der Waals surface area contributed by atoms with Crippen molar-refractivity contribution in [3.8, 4) is 34.0 Å². The molecule has 2 fully saturated rings. The minimum atomic E-state index is -0.585. The first-order valence-corrected chi connectivity index (χ1v) is 21.7. The predicted molar refractivity (Wildman–Crippen MR) is 248 cm³/mol. The maximum Gasteiger partial charge on any atom is 0.413 e. The lowest BCUT2D eigenvalue weighted by atomic mass is 9.97. The van der Waals surface area contributed by atoms with Crippen molar-refractivity contribution in [1.82, 2.24) is 30.6 Å². The van der Waals surface area contributed by atoms with E-state index in [0.717, 1.165) is 35.6 Å². The molecule has 4 aromatic heterocycles. The lowest BCUT2D eigenvalue weighted by molar-refractivity contribution is 0.0998. The number of pyridine rings is 4. The van der Waals surface area contributed by atoms with Crippen molar-refractivity contribution in [2.24, 2.45) is 11.8 Å². The van der Waals surface area contributed by atoms with Crippen molar-refractivity contribution in [1.29, 1.82) is 0 Å². The van der Waals surface area contributed by atoms with Gasteiger partial charge >= 0.3 is 12.2 Å². The number of nitrogens with two attached hydrogens (primary N) is 2. The number of rotatable bonds is 6. The van der Waals surface area contributed by atoms with Crippen LogP contribution in [0.25, 0.3) is 43.8 Å². The van der Waals surface area contributed by atoms with Crippen LogP contribution in [0.15, 0.2) is 49.1 Å². The lowest BCUT2D eigenvalue weighted by Gasteiger charge is -2.22. The van der Waals surface area contributed by atoms with Crippen molar-refractivity contribution < 1.29 is 37.3 Å². The summed E-state index contributed by atoms with van der Waals surface area (Å²) >= 11 is 0. The van der Waals surface area contributed by atoms with Crippen LogP contribution in [0.5, 0.6) is 11.8 Å². The zero-order valence-electron chi connectivity index (χ0n) is 36.7. The Kier molecular flexibility index (Phi) is 12.2.